The third-order valence-electron chi connectivity index (χ3n) is 17.1. The second kappa shape index (κ2) is 21.0. The van der Waals surface area contributed by atoms with Crippen molar-refractivity contribution in [2.24, 2.45) is 0 Å². The average molecular weight is 1120 g/mol. The molecule has 0 bridgehead atoms. The van der Waals surface area contributed by atoms with Gasteiger partial charge in [0.05, 0.1) is 22.8 Å². The summed E-state index contributed by atoms with van der Waals surface area (Å²) < 4.78 is 13.4. The third-order valence-corrected chi connectivity index (χ3v) is 17.1. The molecule has 6 heteroatoms. The lowest BCUT2D eigenvalue weighted by atomic mass is 9.96. The van der Waals surface area contributed by atoms with Gasteiger partial charge in [-0.3, -0.25) is 0 Å². The predicted octanol–water partition coefficient (Wildman–Crippen LogP) is 22.0. The van der Waals surface area contributed by atoms with Crippen LogP contribution in [0.4, 0.5) is 0 Å². The lowest BCUT2D eigenvalue weighted by molar-refractivity contribution is 0.672. The van der Waals surface area contributed by atoms with Crippen molar-refractivity contribution in [2.45, 2.75) is 0 Å². The maximum atomic E-state index is 6.86. The minimum Gasteiger partial charge on any atom is -0.455 e. The lowest BCUT2D eigenvalue weighted by Crippen LogP contribution is -1.97. The Balaban J connectivity index is 0.727. The number of hydrogen-bond donors (Lipinski definition) is 0. The molecule has 0 fully saturated rings. The fraction of sp³-hybridized carbons (Fsp3) is 0. The van der Waals surface area contributed by atoms with E-state index in [0.29, 0.717) is 11.6 Å². The summed E-state index contributed by atoms with van der Waals surface area (Å²) in [6, 6.07) is 106. The Morgan fingerprint density at radius 3 is 0.989 bits per heavy atom. The number of nitrogens with zero attached hydrogens (tertiary/aromatic N) is 4. The van der Waals surface area contributed by atoms with Gasteiger partial charge in [0.25, 0.3) is 0 Å². The van der Waals surface area contributed by atoms with Crippen molar-refractivity contribution in [1.82, 2.24) is 19.9 Å². The van der Waals surface area contributed by atoms with Gasteiger partial charge in [-0.05, 0) is 122 Å². The number of para-hydroxylation sites is 1. The van der Waals surface area contributed by atoms with Crippen LogP contribution in [-0.4, -0.2) is 19.9 Å². The third kappa shape index (κ3) is 8.98. The van der Waals surface area contributed by atoms with E-state index in [9.17, 15) is 0 Å². The van der Waals surface area contributed by atoms with Gasteiger partial charge >= 0.3 is 0 Å². The van der Waals surface area contributed by atoms with Crippen LogP contribution in [0.5, 0.6) is 0 Å². The Morgan fingerprint density at radius 1 is 0.182 bits per heavy atom. The molecule has 0 amide bonds. The summed E-state index contributed by atoms with van der Waals surface area (Å²) in [5, 5.41) is 8.35. The van der Waals surface area contributed by atoms with Gasteiger partial charge in [-0.2, -0.15) is 0 Å². The molecule has 4 heterocycles. The zero-order valence-corrected chi connectivity index (χ0v) is 47.5. The van der Waals surface area contributed by atoms with Gasteiger partial charge in [0.15, 0.2) is 11.6 Å². The Kier molecular flexibility index (Phi) is 12.1. The quantitative estimate of drug-likeness (QED) is 0.136. The molecular weight excluding hydrogens is 1070 g/mol. The van der Waals surface area contributed by atoms with Crippen molar-refractivity contribution in [3.8, 4) is 112 Å². The van der Waals surface area contributed by atoms with Gasteiger partial charge in [-0.1, -0.05) is 237 Å². The standard InChI is InChI=1S/C82H50N4O2/c1-4-18-51(19-5-1)54-24-13-29-60(45-54)75-50-76(61-30-14-25-55(46-61)52-20-6-2-7-21-52)86-82(85-75)71-36-17-34-67-64(71)40-42-69-72-48-59(38-43-78(72)88-80(67)69)57-27-12-26-56(44-57)58-28-15-31-62(47-58)74-49-73(53-22-8-3-9-23-53)83-81(84-74)70-35-16-33-66-63(70)39-41-68-65-32-10-11-37-77(65)87-79(66)68/h1-50H. The van der Waals surface area contributed by atoms with Gasteiger partial charge < -0.3 is 8.83 Å². The van der Waals surface area contributed by atoms with Crippen molar-refractivity contribution >= 4 is 65.4 Å². The summed E-state index contributed by atoms with van der Waals surface area (Å²) in [7, 11) is 0. The Labute approximate surface area is 507 Å². The summed E-state index contributed by atoms with van der Waals surface area (Å²) in [6.45, 7) is 0. The largest absolute Gasteiger partial charge is 0.455 e. The van der Waals surface area contributed by atoms with Crippen LogP contribution in [0.2, 0.25) is 0 Å². The molecule has 0 N–H and O–H groups in total. The molecule has 0 aliphatic carbocycles. The van der Waals surface area contributed by atoms with E-state index in [1.54, 1.807) is 0 Å². The van der Waals surface area contributed by atoms with Crippen molar-refractivity contribution in [1.29, 1.82) is 0 Å². The fourth-order valence-corrected chi connectivity index (χ4v) is 12.8. The molecule has 0 saturated heterocycles. The van der Waals surface area contributed by atoms with Gasteiger partial charge in [0.2, 0.25) is 0 Å². The number of furan rings is 2. The number of rotatable bonds is 10. The van der Waals surface area contributed by atoms with E-state index in [2.05, 4.69) is 273 Å². The van der Waals surface area contributed by atoms with Gasteiger partial charge in [0.1, 0.15) is 22.3 Å². The topological polar surface area (TPSA) is 77.8 Å². The molecule has 0 aliphatic heterocycles. The monoisotopic (exact) mass is 1120 g/mol. The normalized spacial score (nSPS) is 11.6. The molecule has 0 saturated carbocycles. The van der Waals surface area contributed by atoms with Crippen LogP contribution in [0.15, 0.2) is 312 Å². The second-order valence-electron chi connectivity index (χ2n) is 22.4. The highest BCUT2D eigenvalue weighted by Crippen LogP contribution is 2.43. The van der Waals surface area contributed by atoms with Crippen molar-refractivity contribution in [2.75, 3.05) is 0 Å². The molecule has 0 aliphatic rings. The first-order valence-electron chi connectivity index (χ1n) is 29.7. The molecule has 410 valence electrons. The van der Waals surface area contributed by atoms with Crippen molar-refractivity contribution in [3.05, 3.63) is 303 Å². The van der Waals surface area contributed by atoms with Crippen LogP contribution in [-0.2, 0) is 0 Å². The molecule has 0 unspecified atom stereocenters. The van der Waals surface area contributed by atoms with E-state index in [-0.39, 0.29) is 0 Å². The first-order valence-corrected chi connectivity index (χ1v) is 29.7. The molecule has 4 aromatic heterocycles. The molecule has 13 aromatic carbocycles. The number of fused-ring (bicyclic) bond motifs is 10. The van der Waals surface area contributed by atoms with Crippen molar-refractivity contribution in [3.63, 3.8) is 0 Å². The maximum Gasteiger partial charge on any atom is 0.161 e. The summed E-state index contributed by atoms with van der Waals surface area (Å²) in [5.74, 6) is 1.29. The number of aromatic nitrogens is 4. The van der Waals surface area contributed by atoms with Crippen molar-refractivity contribution < 1.29 is 8.83 Å². The van der Waals surface area contributed by atoms with Crippen LogP contribution in [0, 0.1) is 0 Å². The van der Waals surface area contributed by atoms with Crippen LogP contribution >= 0.6 is 0 Å². The minimum atomic E-state index is 0.640. The summed E-state index contributed by atoms with van der Waals surface area (Å²) in [4.78, 5) is 21.4. The Hall–Kier alpha value is -11.9. The minimum absolute atomic E-state index is 0.640. The predicted molar refractivity (Wildman–Crippen MR) is 362 cm³/mol. The maximum absolute atomic E-state index is 6.86. The van der Waals surface area contributed by atoms with Gasteiger partial charge in [-0.15, -0.1) is 0 Å². The molecular formula is C82H50N4O2. The smallest absolute Gasteiger partial charge is 0.161 e. The number of hydrogen-bond acceptors (Lipinski definition) is 6. The average Bonchev–Trinajstić information content (AvgIpc) is 2.78. The van der Waals surface area contributed by atoms with E-state index >= 15 is 0 Å². The molecule has 88 heavy (non-hydrogen) atoms. The highest BCUT2D eigenvalue weighted by molar-refractivity contribution is 6.19. The second-order valence-corrected chi connectivity index (χ2v) is 22.4. The molecule has 0 atom stereocenters. The molecule has 6 nitrogen and oxygen atoms in total. The molecule has 0 spiro atoms. The zero-order chi connectivity index (χ0) is 58.1. The highest BCUT2D eigenvalue weighted by atomic mass is 16.3. The van der Waals surface area contributed by atoms with E-state index in [0.717, 1.165) is 166 Å². The van der Waals surface area contributed by atoms with E-state index in [1.807, 2.05) is 30.3 Å². The van der Waals surface area contributed by atoms with E-state index < -0.39 is 0 Å². The summed E-state index contributed by atoms with van der Waals surface area (Å²) in [5.41, 5.74) is 21.6. The number of benzene rings is 13. The first-order chi connectivity index (χ1) is 43.6. The Morgan fingerprint density at radius 2 is 0.500 bits per heavy atom. The van der Waals surface area contributed by atoms with Crippen LogP contribution in [0.3, 0.4) is 0 Å². The molecule has 17 rings (SSSR count). The van der Waals surface area contributed by atoms with Crippen LogP contribution < -0.4 is 0 Å². The summed E-state index contributed by atoms with van der Waals surface area (Å²) >= 11 is 0. The first kappa shape index (κ1) is 50.6. The van der Waals surface area contributed by atoms with Crippen LogP contribution in [0.1, 0.15) is 0 Å². The lowest BCUT2D eigenvalue weighted by Gasteiger charge is -2.13. The zero-order valence-electron chi connectivity index (χ0n) is 47.5. The molecule has 0 radical (unpaired) electrons. The Bertz CT molecular complexity index is 5470. The van der Waals surface area contributed by atoms with E-state index in [4.69, 9.17) is 28.8 Å². The van der Waals surface area contributed by atoms with Gasteiger partial charge in [0, 0.05) is 65.7 Å². The SMILES string of the molecule is c1ccc(-c2cccc(-c3cc(-c4cccc(-c5ccccc5)c4)nc(-c4cccc5c4ccc4c6cc(-c7cccc(-c8cccc(-c9cc(-c%10ccccc%10)nc(-c%10cccc%11c%10ccc%10c%12ccccc%12oc%11%10)n9)c8)c7)ccc6oc54)n3)c2)cc1. The molecule has 17 aromatic rings. The van der Waals surface area contributed by atoms with Crippen LogP contribution in [0.25, 0.3) is 178 Å². The van der Waals surface area contributed by atoms with E-state index in [1.165, 1.54) is 0 Å². The highest BCUT2D eigenvalue weighted by Gasteiger charge is 2.20. The fourth-order valence-electron chi connectivity index (χ4n) is 12.8. The van der Waals surface area contributed by atoms with Gasteiger partial charge in [-0.25, -0.2) is 19.9 Å². The summed E-state index contributed by atoms with van der Waals surface area (Å²) in [6.07, 6.45) is 0.